The Balaban J connectivity index is 0.000000376. The Kier molecular flexibility index (Phi) is 18.3. The van der Waals surface area contributed by atoms with E-state index in [1.54, 1.807) is 31.1 Å². The molecule has 2 aromatic heterocycles. The van der Waals surface area contributed by atoms with Crippen LogP contribution in [0.2, 0.25) is 0 Å². The molecule has 0 unspecified atom stereocenters. The molecule has 0 atom stereocenters. The first-order valence-electron chi connectivity index (χ1n) is 9.94. The van der Waals surface area contributed by atoms with Crippen LogP contribution in [0.3, 0.4) is 0 Å². The van der Waals surface area contributed by atoms with E-state index < -0.39 is 0 Å². The zero-order chi connectivity index (χ0) is 21.7. The van der Waals surface area contributed by atoms with Crippen LogP contribution in [-0.2, 0) is 9.47 Å². The zero-order valence-corrected chi connectivity index (χ0v) is 19.1. The third-order valence-corrected chi connectivity index (χ3v) is 3.64. The average molecular weight is 412 g/mol. The number of aryl methyl sites for hydroxylation is 1. The van der Waals surface area contributed by atoms with E-state index in [1.165, 1.54) is 0 Å². The number of nitrogens with zero attached hydrogens (tertiary/aromatic N) is 5. The molecule has 0 saturated carbocycles. The molecule has 9 nitrogen and oxygen atoms in total. The molecule has 0 aromatic carbocycles. The highest BCUT2D eigenvalue weighted by Gasteiger charge is 2.02. The van der Waals surface area contributed by atoms with Crippen molar-refractivity contribution in [1.82, 2.24) is 34.6 Å². The largest absolute Gasteiger partial charge is 0.379 e. The van der Waals surface area contributed by atoms with Gasteiger partial charge in [-0.25, -0.2) is 9.97 Å². The van der Waals surface area contributed by atoms with E-state index in [2.05, 4.69) is 69.9 Å². The van der Waals surface area contributed by atoms with E-state index in [0.717, 1.165) is 58.4 Å². The van der Waals surface area contributed by atoms with Gasteiger partial charge in [-0.3, -0.25) is 0 Å². The van der Waals surface area contributed by atoms with Crippen LogP contribution in [-0.4, -0.2) is 122 Å². The Morgan fingerprint density at radius 1 is 1.03 bits per heavy atom. The second-order valence-electron chi connectivity index (χ2n) is 7.07. The summed E-state index contributed by atoms with van der Waals surface area (Å²) in [7, 11) is 10.3. The van der Waals surface area contributed by atoms with Crippen molar-refractivity contribution in [3.05, 3.63) is 36.9 Å². The Morgan fingerprint density at radius 2 is 1.66 bits per heavy atom. The fourth-order valence-corrected chi connectivity index (χ4v) is 1.81. The number of nitrogens with one attached hydrogen (secondary N) is 2. The van der Waals surface area contributed by atoms with Crippen LogP contribution in [0.5, 0.6) is 0 Å². The van der Waals surface area contributed by atoms with Crippen LogP contribution in [0.1, 0.15) is 5.82 Å². The molecule has 1 saturated heterocycles. The van der Waals surface area contributed by atoms with Gasteiger partial charge in [0.15, 0.2) is 0 Å². The summed E-state index contributed by atoms with van der Waals surface area (Å²) in [5, 5.41) is 0. The monoisotopic (exact) mass is 411 g/mol. The SMILES string of the molecule is CN(C)CCOCCN(C)C.CN1CCOCC1.Cc1ncc[nH]1.c1c[nH]cn1. The van der Waals surface area contributed by atoms with Gasteiger partial charge in [0.05, 0.1) is 32.8 Å². The quantitative estimate of drug-likeness (QED) is 0.691. The summed E-state index contributed by atoms with van der Waals surface area (Å²) < 4.78 is 10.5. The highest BCUT2D eigenvalue weighted by Crippen LogP contribution is 1.89. The number of aromatic amines is 2. The molecule has 0 amide bonds. The first-order valence-corrected chi connectivity index (χ1v) is 9.94. The lowest BCUT2D eigenvalue weighted by atomic mass is 10.5. The lowest BCUT2D eigenvalue weighted by molar-refractivity contribution is 0.0503. The molecule has 29 heavy (non-hydrogen) atoms. The van der Waals surface area contributed by atoms with Gasteiger partial charge < -0.3 is 34.1 Å². The van der Waals surface area contributed by atoms with Gasteiger partial charge in [0, 0.05) is 51.0 Å². The van der Waals surface area contributed by atoms with E-state index in [0.29, 0.717) is 0 Å². The number of likely N-dealkylation sites (N-methyl/N-ethyl adjacent to an activating group) is 3. The zero-order valence-electron chi connectivity index (χ0n) is 19.1. The third-order valence-electron chi connectivity index (χ3n) is 3.64. The van der Waals surface area contributed by atoms with Crippen LogP contribution in [0, 0.1) is 6.92 Å². The molecule has 3 heterocycles. The summed E-state index contributed by atoms with van der Waals surface area (Å²) in [6.45, 7) is 9.62. The van der Waals surface area contributed by atoms with Crippen molar-refractivity contribution in [3.63, 3.8) is 0 Å². The lowest BCUT2D eigenvalue weighted by Crippen LogP contribution is -2.32. The van der Waals surface area contributed by atoms with Crippen molar-refractivity contribution in [1.29, 1.82) is 0 Å². The predicted molar refractivity (Wildman–Crippen MR) is 118 cm³/mol. The fourth-order valence-electron chi connectivity index (χ4n) is 1.81. The lowest BCUT2D eigenvalue weighted by Gasteiger charge is -2.21. The number of imidazole rings is 2. The smallest absolute Gasteiger partial charge is 0.102 e. The van der Waals surface area contributed by atoms with Crippen LogP contribution in [0.4, 0.5) is 0 Å². The highest BCUT2D eigenvalue weighted by molar-refractivity contribution is 4.80. The van der Waals surface area contributed by atoms with Gasteiger partial charge in [0.2, 0.25) is 0 Å². The first-order chi connectivity index (χ1) is 13.9. The molecular weight excluding hydrogens is 370 g/mol. The summed E-state index contributed by atoms with van der Waals surface area (Å²) in [5.41, 5.74) is 0. The normalized spacial score (nSPS) is 13.7. The van der Waals surface area contributed by atoms with Crippen LogP contribution in [0.25, 0.3) is 0 Å². The third kappa shape index (κ3) is 22.4. The number of rotatable bonds is 6. The summed E-state index contributed by atoms with van der Waals surface area (Å²) >= 11 is 0. The minimum absolute atomic E-state index is 0.834. The fraction of sp³-hybridized carbons (Fsp3) is 0.700. The molecule has 9 heteroatoms. The molecule has 0 bridgehead atoms. The number of hydrogen-bond acceptors (Lipinski definition) is 7. The first kappa shape index (κ1) is 27.2. The molecule has 3 rings (SSSR count). The summed E-state index contributed by atoms with van der Waals surface area (Å²) in [6, 6.07) is 0. The van der Waals surface area contributed by atoms with Gasteiger partial charge in [-0.05, 0) is 42.2 Å². The van der Waals surface area contributed by atoms with Gasteiger partial charge >= 0.3 is 0 Å². The summed E-state index contributed by atoms with van der Waals surface area (Å²) in [6.07, 6.45) is 8.62. The van der Waals surface area contributed by atoms with Crippen molar-refractivity contribution in [2.75, 3.05) is 87.8 Å². The molecule has 0 radical (unpaired) electrons. The van der Waals surface area contributed by atoms with Gasteiger partial charge in [0.25, 0.3) is 0 Å². The minimum Gasteiger partial charge on any atom is -0.379 e. The second-order valence-corrected chi connectivity index (χ2v) is 7.07. The second kappa shape index (κ2) is 19.5. The number of H-pyrrole nitrogens is 2. The predicted octanol–water partition coefficient (Wildman–Crippen LogP) is 1.20. The molecule has 1 aliphatic rings. The maximum atomic E-state index is 5.37. The van der Waals surface area contributed by atoms with Crippen LogP contribution in [0.15, 0.2) is 31.1 Å². The van der Waals surface area contributed by atoms with Gasteiger partial charge in [-0.1, -0.05) is 0 Å². The van der Waals surface area contributed by atoms with E-state index in [4.69, 9.17) is 9.47 Å². The molecular formula is C20H41N7O2. The molecule has 2 N–H and O–H groups in total. The Hall–Kier alpha value is -1.78. The van der Waals surface area contributed by atoms with E-state index in [-0.39, 0.29) is 0 Å². The summed E-state index contributed by atoms with van der Waals surface area (Å²) in [5.74, 6) is 0.968. The van der Waals surface area contributed by atoms with E-state index in [9.17, 15) is 0 Å². The van der Waals surface area contributed by atoms with Crippen molar-refractivity contribution < 1.29 is 9.47 Å². The van der Waals surface area contributed by atoms with E-state index >= 15 is 0 Å². The Labute approximate surface area is 176 Å². The Bertz CT molecular complexity index is 486. The van der Waals surface area contributed by atoms with Crippen LogP contribution >= 0.6 is 0 Å². The molecule has 1 fully saturated rings. The van der Waals surface area contributed by atoms with Gasteiger partial charge in [-0.15, -0.1) is 0 Å². The number of morpholine rings is 1. The highest BCUT2D eigenvalue weighted by atomic mass is 16.5. The molecule has 168 valence electrons. The maximum Gasteiger partial charge on any atom is 0.102 e. The Morgan fingerprint density at radius 3 is 1.90 bits per heavy atom. The van der Waals surface area contributed by atoms with Crippen LogP contribution < -0.4 is 0 Å². The molecule has 0 spiro atoms. The summed E-state index contributed by atoms with van der Waals surface area (Å²) in [4.78, 5) is 19.7. The topological polar surface area (TPSA) is 85.5 Å². The van der Waals surface area contributed by atoms with Crippen molar-refractivity contribution >= 4 is 0 Å². The van der Waals surface area contributed by atoms with Gasteiger partial charge in [0.1, 0.15) is 5.82 Å². The maximum absolute atomic E-state index is 5.37. The van der Waals surface area contributed by atoms with Crippen molar-refractivity contribution in [2.45, 2.75) is 6.92 Å². The van der Waals surface area contributed by atoms with Crippen molar-refractivity contribution in [3.8, 4) is 0 Å². The number of hydrogen-bond donors (Lipinski definition) is 2. The van der Waals surface area contributed by atoms with Gasteiger partial charge in [-0.2, -0.15) is 0 Å². The van der Waals surface area contributed by atoms with Crippen molar-refractivity contribution in [2.24, 2.45) is 0 Å². The van der Waals surface area contributed by atoms with E-state index in [1.807, 2.05) is 6.92 Å². The average Bonchev–Trinajstić information content (AvgIpc) is 3.39. The number of ether oxygens (including phenoxy) is 2. The molecule has 1 aliphatic heterocycles. The molecule has 2 aromatic rings. The molecule has 0 aliphatic carbocycles. The number of aromatic nitrogens is 4. The minimum atomic E-state index is 0.834. The standard InChI is InChI=1S/C8H20N2O.C5H11NO.C4H6N2.C3H4N2/c1-9(2)5-7-11-8-6-10(3)4;1-6-2-4-7-5-3-6;1-4-5-2-3-6-4;1-2-5-3-4-1/h5-8H2,1-4H3;2-5H2,1H3;2-3H,1H3,(H,5,6);1-3H,(H,4,5).